The van der Waals surface area contributed by atoms with E-state index in [0.717, 1.165) is 5.69 Å². The Morgan fingerprint density at radius 2 is 1.75 bits per heavy atom. The van der Waals surface area contributed by atoms with Gasteiger partial charge in [0.1, 0.15) is 0 Å². The maximum absolute atomic E-state index is 12.2. The molecule has 0 aliphatic heterocycles. The quantitative estimate of drug-likeness (QED) is 0.776. The van der Waals surface area contributed by atoms with Crippen LogP contribution >= 0.6 is 11.6 Å². The van der Waals surface area contributed by atoms with Gasteiger partial charge < -0.3 is 10.2 Å². The summed E-state index contributed by atoms with van der Waals surface area (Å²) in [6.45, 7) is 0. The number of nitrogens with zero attached hydrogens (tertiary/aromatic N) is 3. The molecule has 3 aromatic rings. The highest BCUT2D eigenvalue weighted by molar-refractivity contribution is 6.30. The van der Waals surface area contributed by atoms with Gasteiger partial charge in [-0.1, -0.05) is 35.9 Å². The summed E-state index contributed by atoms with van der Waals surface area (Å²) in [5.41, 5.74) is 1.96. The second-order valence-electron chi connectivity index (χ2n) is 5.13. The van der Waals surface area contributed by atoms with Gasteiger partial charge in [0, 0.05) is 35.8 Å². The number of carbonyl (C=O) groups is 1. The fourth-order valence-corrected chi connectivity index (χ4v) is 2.34. The Balaban J connectivity index is 1.73. The topological polar surface area (TPSA) is 58.1 Å². The number of carbonyl (C=O) groups excluding carboxylic acids is 1. The van der Waals surface area contributed by atoms with Crippen molar-refractivity contribution in [3.05, 3.63) is 77.6 Å². The summed E-state index contributed by atoms with van der Waals surface area (Å²) >= 11 is 5.91. The molecule has 0 saturated carbocycles. The van der Waals surface area contributed by atoms with Crippen LogP contribution in [0.2, 0.25) is 5.02 Å². The monoisotopic (exact) mass is 338 g/mol. The normalized spacial score (nSPS) is 10.2. The third kappa shape index (κ3) is 3.70. The molecule has 2 aromatic carbocycles. The van der Waals surface area contributed by atoms with Gasteiger partial charge in [0.15, 0.2) is 0 Å². The zero-order valence-corrected chi connectivity index (χ0v) is 13.7. The Morgan fingerprint density at radius 1 is 1.04 bits per heavy atom. The minimum absolute atomic E-state index is 0.286. The average Bonchev–Trinajstić information content (AvgIpc) is 2.62. The van der Waals surface area contributed by atoms with E-state index in [4.69, 9.17) is 11.6 Å². The van der Waals surface area contributed by atoms with Gasteiger partial charge in [-0.05, 0) is 30.3 Å². The molecular formula is C18H15ClN4O. The number of para-hydroxylation sites is 1. The van der Waals surface area contributed by atoms with E-state index >= 15 is 0 Å². The summed E-state index contributed by atoms with van der Waals surface area (Å²) in [5, 5.41) is 3.32. The maximum atomic E-state index is 12.2. The number of rotatable bonds is 4. The first-order valence-corrected chi connectivity index (χ1v) is 7.69. The first-order chi connectivity index (χ1) is 11.6. The lowest BCUT2D eigenvalue weighted by atomic mass is 10.2. The molecule has 1 heterocycles. The molecular weight excluding hydrogens is 324 g/mol. The summed E-state index contributed by atoms with van der Waals surface area (Å²) in [5.74, 6) is 0.228. The predicted octanol–water partition coefficient (Wildman–Crippen LogP) is 4.15. The van der Waals surface area contributed by atoms with Gasteiger partial charge in [-0.2, -0.15) is 0 Å². The molecule has 0 saturated heterocycles. The van der Waals surface area contributed by atoms with E-state index in [2.05, 4.69) is 15.3 Å². The van der Waals surface area contributed by atoms with E-state index < -0.39 is 0 Å². The van der Waals surface area contributed by atoms with E-state index in [1.54, 1.807) is 24.3 Å². The molecule has 1 N–H and O–H groups in total. The fraction of sp³-hybridized carbons (Fsp3) is 0.0556. The summed E-state index contributed by atoms with van der Waals surface area (Å²) in [6, 6.07) is 16.7. The largest absolute Gasteiger partial charge is 0.322 e. The third-order valence-electron chi connectivity index (χ3n) is 3.43. The number of amides is 1. The Morgan fingerprint density at radius 3 is 2.42 bits per heavy atom. The highest BCUT2D eigenvalue weighted by Crippen LogP contribution is 2.19. The average molecular weight is 339 g/mol. The van der Waals surface area contributed by atoms with Crippen molar-refractivity contribution < 1.29 is 4.79 Å². The van der Waals surface area contributed by atoms with Crippen molar-refractivity contribution in [1.82, 2.24) is 9.97 Å². The highest BCUT2D eigenvalue weighted by Gasteiger charge is 2.10. The van der Waals surface area contributed by atoms with Crippen LogP contribution in [0, 0.1) is 0 Å². The van der Waals surface area contributed by atoms with E-state index in [1.165, 1.54) is 12.4 Å². The highest BCUT2D eigenvalue weighted by atomic mass is 35.5. The summed E-state index contributed by atoms with van der Waals surface area (Å²) in [4.78, 5) is 22.6. The van der Waals surface area contributed by atoms with Gasteiger partial charge in [0.2, 0.25) is 5.95 Å². The van der Waals surface area contributed by atoms with Crippen molar-refractivity contribution in [3.63, 3.8) is 0 Å². The van der Waals surface area contributed by atoms with Gasteiger partial charge in [-0.3, -0.25) is 4.79 Å². The van der Waals surface area contributed by atoms with Crippen molar-refractivity contribution in [2.45, 2.75) is 0 Å². The van der Waals surface area contributed by atoms with Crippen LogP contribution in [0.3, 0.4) is 0 Å². The van der Waals surface area contributed by atoms with Crippen molar-refractivity contribution in [2.24, 2.45) is 0 Å². The smallest absolute Gasteiger partial charge is 0.258 e. The van der Waals surface area contributed by atoms with Gasteiger partial charge in [-0.25, -0.2) is 9.97 Å². The van der Waals surface area contributed by atoms with Gasteiger partial charge in [0.25, 0.3) is 5.91 Å². The molecule has 0 fully saturated rings. The number of nitrogens with one attached hydrogen (secondary N) is 1. The zero-order valence-electron chi connectivity index (χ0n) is 13.0. The van der Waals surface area contributed by atoms with Gasteiger partial charge in [-0.15, -0.1) is 0 Å². The van der Waals surface area contributed by atoms with Crippen LogP contribution in [0.25, 0.3) is 0 Å². The van der Waals surface area contributed by atoms with Crippen LogP contribution in [-0.4, -0.2) is 22.9 Å². The van der Waals surface area contributed by atoms with Crippen molar-refractivity contribution >= 4 is 34.8 Å². The molecule has 0 aliphatic rings. The van der Waals surface area contributed by atoms with Crippen molar-refractivity contribution in [3.8, 4) is 0 Å². The zero-order chi connectivity index (χ0) is 16.9. The first kappa shape index (κ1) is 16.0. The van der Waals surface area contributed by atoms with Crippen LogP contribution in [0.15, 0.2) is 67.0 Å². The Labute approximate surface area is 144 Å². The molecule has 0 radical (unpaired) electrons. The standard InChI is InChI=1S/C18H15ClN4O/c1-23(16-8-3-2-4-9-16)18-20-11-13(12-21-18)17(24)22-15-7-5-6-14(19)10-15/h2-12H,1H3,(H,22,24). The SMILES string of the molecule is CN(c1ccccc1)c1ncc(C(=O)Nc2cccc(Cl)c2)cn1. The van der Waals surface area contributed by atoms with E-state index in [1.807, 2.05) is 42.3 Å². The lowest BCUT2D eigenvalue weighted by molar-refractivity contribution is 0.102. The van der Waals surface area contributed by atoms with Gasteiger partial charge in [0.05, 0.1) is 5.56 Å². The third-order valence-corrected chi connectivity index (χ3v) is 3.66. The van der Waals surface area contributed by atoms with Crippen molar-refractivity contribution in [1.29, 1.82) is 0 Å². The van der Waals surface area contributed by atoms with E-state index in [9.17, 15) is 4.79 Å². The Bertz CT molecular complexity index is 837. The number of benzene rings is 2. The van der Waals surface area contributed by atoms with Crippen LogP contribution in [0.1, 0.15) is 10.4 Å². The molecule has 1 aromatic heterocycles. The molecule has 3 rings (SSSR count). The van der Waals surface area contributed by atoms with Crippen LogP contribution < -0.4 is 10.2 Å². The van der Waals surface area contributed by atoms with Crippen LogP contribution in [0.4, 0.5) is 17.3 Å². The molecule has 0 spiro atoms. The molecule has 0 unspecified atom stereocenters. The first-order valence-electron chi connectivity index (χ1n) is 7.31. The van der Waals surface area contributed by atoms with Gasteiger partial charge >= 0.3 is 0 Å². The van der Waals surface area contributed by atoms with E-state index in [0.29, 0.717) is 22.2 Å². The molecule has 0 atom stereocenters. The molecule has 0 aliphatic carbocycles. The molecule has 5 nitrogen and oxygen atoms in total. The second-order valence-corrected chi connectivity index (χ2v) is 5.57. The molecule has 1 amide bonds. The second kappa shape index (κ2) is 7.10. The molecule has 6 heteroatoms. The summed E-state index contributed by atoms with van der Waals surface area (Å²) in [6.07, 6.45) is 3.00. The van der Waals surface area contributed by atoms with Crippen LogP contribution in [0.5, 0.6) is 0 Å². The predicted molar refractivity (Wildman–Crippen MR) is 95.9 cm³/mol. The number of hydrogen-bond acceptors (Lipinski definition) is 4. The molecule has 24 heavy (non-hydrogen) atoms. The fourth-order valence-electron chi connectivity index (χ4n) is 2.15. The summed E-state index contributed by atoms with van der Waals surface area (Å²) < 4.78 is 0. The van der Waals surface area contributed by atoms with E-state index in [-0.39, 0.29) is 5.91 Å². The number of halogens is 1. The molecule has 0 bridgehead atoms. The number of aromatic nitrogens is 2. The van der Waals surface area contributed by atoms with Crippen molar-refractivity contribution in [2.75, 3.05) is 17.3 Å². The molecule has 120 valence electrons. The minimum atomic E-state index is -0.286. The lowest BCUT2D eigenvalue weighted by Gasteiger charge is -2.16. The van der Waals surface area contributed by atoms with Crippen LogP contribution in [-0.2, 0) is 0 Å². The lowest BCUT2D eigenvalue weighted by Crippen LogP contribution is -2.16. The maximum Gasteiger partial charge on any atom is 0.258 e. The summed E-state index contributed by atoms with van der Waals surface area (Å²) in [7, 11) is 1.87. The Kier molecular flexibility index (Phi) is 4.72. The number of hydrogen-bond donors (Lipinski definition) is 1. The number of anilines is 3. The Hall–Kier alpha value is -2.92. The minimum Gasteiger partial charge on any atom is -0.322 e.